The van der Waals surface area contributed by atoms with E-state index in [1.165, 1.54) is 21.6 Å². The number of amides is 2. The molecule has 2 amide bonds. The standard InChI is InChI=1S/C29H30N2O6/c32-20-29-18-23(27(34)37-22-13-5-2-6-14-22)26(24-15-9-17-36-24)31(29)25(33)19-30(28(29)35)16-8-7-12-21-10-3-1-4-11-21/h1-6,9-11,13-15,17,23,26,32H,7-8,12,16,18-20H2/t23?,26?,29-/m0/s1. The number of esters is 1. The number of aliphatic hydroxyl groups excluding tert-OH is 1. The van der Waals surface area contributed by atoms with Gasteiger partial charge in [-0.2, -0.15) is 0 Å². The van der Waals surface area contributed by atoms with E-state index in [2.05, 4.69) is 12.1 Å². The lowest BCUT2D eigenvalue weighted by atomic mass is 9.88. The van der Waals surface area contributed by atoms with Crippen LogP contribution in [0.5, 0.6) is 5.75 Å². The summed E-state index contributed by atoms with van der Waals surface area (Å²) in [6, 6.07) is 21.2. The zero-order chi connectivity index (χ0) is 25.8. The van der Waals surface area contributed by atoms with Crippen LogP contribution in [0.3, 0.4) is 0 Å². The average Bonchev–Trinajstić information content (AvgIpc) is 3.57. The lowest BCUT2D eigenvalue weighted by molar-refractivity contribution is -0.167. The second kappa shape index (κ2) is 10.6. The van der Waals surface area contributed by atoms with Crippen LogP contribution < -0.4 is 4.74 Å². The topological polar surface area (TPSA) is 100 Å². The fourth-order valence-corrected chi connectivity index (χ4v) is 5.55. The molecule has 2 aromatic carbocycles. The van der Waals surface area contributed by atoms with Gasteiger partial charge >= 0.3 is 5.97 Å². The molecule has 2 aliphatic rings. The summed E-state index contributed by atoms with van der Waals surface area (Å²) >= 11 is 0. The van der Waals surface area contributed by atoms with Crippen LogP contribution in [0, 0.1) is 5.92 Å². The minimum atomic E-state index is -1.55. The SMILES string of the molecule is O=C(Oc1ccccc1)C1C[C@]2(CO)C(=O)N(CCCCc3ccccc3)CC(=O)N2C1c1ccco1. The van der Waals surface area contributed by atoms with Crippen molar-refractivity contribution < 1.29 is 28.6 Å². The third-order valence-electron chi connectivity index (χ3n) is 7.31. The highest BCUT2D eigenvalue weighted by Gasteiger charge is 2.64. The lowest BCUT2D eigenvalue weighted by Gasteiger charge is -2.46. The first-order valence-electron chi connectivity index (χ1n) is 12.6. The first kappa shape index (κ1) is 24.8. The third-order valence-corrected chi connectivity index (χ3v) is 7.31. The van der Waals surface area contributed by atoms with Crippen molar-refractivity contribution in [1.82, 2.24) is 9.80 Å². The van der Waals surface area contributed by atoms with Crippen LogP contribution in [0.25, 0.3) is 0 Å². The predicted molar refractivity (Wildman–Crippen MR) is 134 cm³/mol. The minimum absolute atomic E-state index is 0.0500. The molecule has 0 saturated carbocycles. The maximum atomic E-state index is 13.8. The number of hydrogen-bond acceptors (Lipinski definition) is 6. The first-order chi connectivity index (χ1) is 18.0. The van der Waals surface area contributed by atoms with Gasteiger partial charge in [0.05, 0.1) is 25.3 Å². The molecule has 0 radical (unpaired) electrons. The zero-order valence-corrected chi connectivity index (χ0v) is 20.5. The number of rotatable bonds is 9. The summed E-state index contributed by atoms with van der Waals surface area (Å²) in [6.07, 6.45) is 3.87. The zero-order valence-electron chi connectivity index (χ0n) is 20.5. The number of hydrogen-bond donors (Lipinski definition) is 1. The van der Waals surface area contributed by atoms with E-state index < -0.39 is 30.1 Å². The molecule has 5 rings (SSSR count). The second-order valence-corrected chi connectivity index (χ2v) is 9.63. The molecule has 3 heterocycles. The molecular weight excluding hydrogens is 472 g/mol. The fraction of sp³-hybridized carbons (Fsp3) is 0.345. The molecule has 8 heteroatoms. The van der Waals surface area contributed by atoms with E-state index in [0.717, 1.165) is 19.3 Å². The Balaban J connectivity index is 1.36. The smallest absolute Gasteiger partial charge is 0.317 e. The Morgan fingerprint density at radius 1 is 1.00 bits per heavy atom. The molecule has 3 aromatic rings. The maximum Gasteiger partial charge on any atom is 0.317 e. The van der Waals surface area contributed by atoms with Gasteiger partial charge in [-0.15, -0.1) is 0 Å². The van der Waals surface area contributed by atoms with Gasteiger partial charge in [0.15, 0.2) is 0 Å². The molecule has 1 aromatic heterocycles. The van der Waals surface area contributed by atoms with E-state index in [-0.39, 0.29) is 24.8 Å². The summed E-state index contributed by atoms with van der Waals surface area (Å²) in [7, 11) is 0. The number of aliphatic hydroxyl groups is 1. The summed E-state index contributed by atoms with van der Waals surface area (Å²) in [5.74, 6) is -1.39. The van der Waals surface area contributed by atoms with Crippen molar-refractivity contribution in [2.75, 3.05) is 19.7 Å². The van der Waals surface area contributed by atoms with Crippen LogP contribution in [0.2, 0.25) is 0 Å². The highest BCUT2D eigenvalue weighted by atomic mass is 16.5. The predicted octanol–water partition coefficient (Wildman–Crippen LogP) is 3.37. The number of nitrogens with zero attached hydrogens (tertiary/aromatic N) is 2. The van der Waals surface area contributed by atoms with Crippen molar-refractivity contribution >= 4 is 17.8 Å². The van der Waals surface area contributed by atoms with Crippen molar-refractivity contribution in [3.05, 3.63) is 90.4 Å². The number of para-hydroxylation sites is 1. The Morgan fingerprint density at radius 3 is 2.41 bits per heavy atom. The van der Waals surface area contributed by atoms with Crippen LogP contribution >= 0.6 is 0 Å². The van der Waals surface area contributed by atoms with Crippen molar-refractivity contribution in [3.63, 3.8) is 0 Å². The normalized spacial score (nSPS) is 23.3. The van der Waals surface area contributed by atoms with Gasteiger partial charge in [0.25, 0.3) is 5.91 Å². The number of carbonyl (C=O) groups excluding carboxylic acids is 3. The van der Waals surface area contributed by atoms with E-state index in [9.17, 15) is 19.5 Å². The molecule has 2 saturated heterocycles. The molecule has 192 valence electrons. The molecule has 2 aliphatic heterocycles. The molecule has 37 heavy (non-hydrogen) atoms. The Hall–Kier alpha value is -3.91. The molecule has 1 N–H and O–H groups in total. The van der Waals surface area contributed by atoms with Crippen LogP contribution in [0.15, 0.2) is 83.5 Å². The van der Waals surface area contributed by atoms with Gasteiger partial charge < -0.3 is 24.1 Å². The lowest BCUT2D eigenvalue weighted by Crippen LogP contribution is -2.67. The molecule has 0 spiro atoms. The largest absolute Gasteiger partial charge is 0.467 e. The van der Waals surface area contributed by atoms with Gasteiger partial charge in [0.1, 0.15) is 23.1 Å². The molecule has 0 aliphatic carbocycles. The monoisotopic (exact) mass is 502 g/mol. The highest BCUT2D eigenvalue weighted by Crippen LogP contribution is 2.50. The van der Waals surface area contributed by atoms with E-state index in [0.29, 0.717) is 18.1 Å². The third kappa shape index (κ3) is 4.76. The van der Waals surface area contributed by atoms with Gasteiger partial charge in [0.2, 0.25) is 5.91 Å². The Bertz CT molecular complexity index is 1230. The molecule has 3 atom stereocenters. The fourth-order valence-electron chi connectivity index (χ4n) is 5.55. The summed E-state index contributed by atoms with van der Waals surface area (Å²) < 4.78 is 11.2. The summed E-state index contributed by atoms with van der Waals surface area (Å²) in [4.78, 5) is 43.5. The van der Waals surface area contributed by atoms with Crippen LogP contribution in [-0.4, -0.2) is 57.9 Å². The number of carbonyl (C=O) groups is 3. The number of benzene rings is 2. The maximum absolute atomic E-state index is 13.8. The summed E-state index contributed by atoms with van der Waals surface area (Å²) in [5.41, 5.74) is -0.328. The van der Waals surface area contributed by atoms with Crippen LogP contribution in [0.4, 0.5) is 0 Å². The number of unbranched alkanes of at least 4 members (excludes halogenated alkanes) is 1. The Labute approximate surface area is 215 Å². The highest BCUT2D eigenvalue weighted by molar-refractivity contribution is 6.00. The van der Waals surface area contributed by atoms with Gasteiger partial charge in [0, 0.05) is 6.54 Å². The molecule has 2 fully saturated rings. The molecular formula is C29H30N2O6. The van der Waals surface area contributed by atoms with Crippen molar-refractivity contribution in [3.8, 4) is 5.75 Å². The van der Waals surface area contributed by atoms with Crippen LogP contribution in [0.1, 0.15) is 36.6 Å². The van der Waals surface area contributed by atoms with Gasteiger partial charge in [-0.3, -0.25) is 14.4 Å². The quantitative estimate of drug-likeness (QED) is 0.274. The van der Waals surface area contributed by atoms with E-state index in [1.807, 2.05) is 24.3 Å². The van der Waals surface area contributed by atoms with Gasteiger partial charge in [-0.05, 0) is 55.5 Å². The van der Waals surface area contributed by atoms with Crippen molar-refractivity contribution in [2.24, 2.45) is 5.92 Å². The number of furan rings is 1. The molecule has 2 unspecified atom stereocenters. The molecule has 8 nitrogen and oxygen atoms in total. The number of ether oxygens (including phenoxy) is 1. The van der Waals surface area contributed by atoms with Crippen molar-refractivity contribution in [2.45, 2.75) is 37.3 Å². The van der Waals surface area contributed by atoms with Crippen molar-refractivity contribution in [1.29, 1.82) is 0 Å². The Morgan fingerprint density at radius 2 is 1.73 bits per heavy atom. The number of fused-ring (bicyclic) bond motifs is 1. The van der Waals surface area contributed by atoms with E-state index in [1.54, 1.807) is 36.4 Å². The summed E-state index contributed by atoms with van der Waals surface area (Å²) in [6.45, 7) is -0.300. The first-order valence-corrected chi connectivity index (χ1v) is 12.6. The molecule has 0 bridgehead atoms. The second-order valence-electron chi connectivity index (χ2n) is 9.63. The summed E-state index contributed by atoms with van der Waals surface area (Å²) in [5, 5.41) is 10.6. The number of piperazine rings is 1. The Kier molecular flexibility index (Phi) is 7.10. The van der Waals surface area contributed by atoms with E-state index in [4.69, 9.17) is 9.15 Å². The van der Waals surface area contributed by atoms with Gasteiger partial charge in [-0.1, -0.05) is 48.5 Å². The van der Waals surface area contributed by atoms with Gasteiger partial charge in [-0.25, -0.2) is 0 Å². The minimum Gasteiger partial charge on any atom is -0.467 e. The van der Waals surface area contributed by atoms with E-state index >= 15 is 0 Å². The average molecular weight is 503 g/mol. The van der Waals surface area contributed by atoms with Crippen LogP contribution in [-0.2, 0) is 20.8 Å². The number of aryl methyl sites for hydroxylation is 1.